The molecule has 0 amide bonds. The van der Waals surface area contributed by atoms with Gasteiger partial charge in [0.1, 0.15) is 0 Å². The molecule has 0 radical (unpaired) electrons. The largest absolute Gasteiger partial charge is 0.309 e. The third kappa shape index (κ3) is 3.91. The van der Waals surface area contributed by atoms with Crippen LogP contribution in [0.5, 0.6) is 0 Å². The first-order chi connectivity index (χ1) is 8.99. The van der Waals surface area contributed by atoms with Crippen molar-refractivity contribution >= 4 is 27.3 Å². The first-order valence-corrected chi connectivity index (χ1v) is 8.19. The van der Waals surface area contributed by atoms with Crippen molar-refractivity contribution in [1.29, 1.82) is 0 Å². The molecule has 2 aromatic rings. The van der Waals surface area contributed by atoms with Crippen molar-refractivity contribution in [2.24, 2.45) is 0 Å². The maximum absolute atomic E-state index is 3.64. The minimum absolute atomic E-state index is 0.175. The van der Waals surface area contributed by atoms with Crippen molar-refractivity contribution in [2.75, 3.05) is 6.54 Å². The van der Waals surface area contributed by atoms with E-state index in [1.54, 1.807) is 0 Å². The van der Waals surface area contributed by atoms with Crippen LogP contribution in [0.1, 0.15) is 37.3 Å². The van der Waals surface area contributed by atoms with Crippen LogP contribution >= 0.6 is 27.3 Å². The second-order valence-corrected chi connectivity index (χ2v) is 7.38. The fourth-order valence-corrected chi connectivity index (χ4v) is 3.32. The lowest BCUT2D eigenvalue weighted by Crippen LogP contribution is -2.33. The van der Waals surface area contributed by atoms with Crippen molar-refractivity contribution in [3.63, 3.8) is 0 Å². The molecule has 2 rings (SSSR count). The minimum Gasteiger partial charge on any atom is -0.309 e. The van der Waals surface area contributed by atoms with Crippen LogP contribution in [0.2, 0.25) is 0 Å². The van der Waals surface area contributed by atoms with Gasteiger partial charge in [0, 0.05) is 27.4 Å². The molecule has 0 fully saturated rings. The standard InChI is InChI=1S/C16H20BrNS/c1-12(13-6-4-7-14(17)10-13)18-11-16(2,3)15-8-5-9-19-15/h4-10,12,18H,11H2,1-3H3. The molecule has 1 aromatic carbocycles. The summed E-state index contributed by atoms with van der Waals surface area (Å²) in [5.41, 5.74) is 1.49. The molecule has 0 aliphatic carbocycles. The monoisotopic (exact) mass is 337 g/mol. The van der Waals surface area contributed by atoms with E-state index in [0.717, 1.165) is 11.0 Å². The highest BCUT2D eigenvalue weighted by Gasteiger charge is 2.22. The predicted octanol–water partition coefficient (Wildman–Crippen LogP) is 5.14. The number of rotatable bonds is 5. The number of benzene rings is 1. The van der Waals surface area contributed by atoms with Crippen molar-refractivity contribution in [1.82, 2.24) is 5.32 Å². The second kappa shape index (κ2) is 6.21. The van der Waals surface area contributed by atoms with Gasteiger partial charge in [-0.25, -0.2) is 0 Å². The Labute approximate surface area is 128 Å². The van der Waals surface area contributed by atoms with Gasteiger partial charge in [0.15, 0.2) is 0 Å². The number of thiophene rings is 1. The lowest BCUT2D eigenvalue weighted by molar-refractivity contribution is 0.441. The molecule has 1 nitrogen and oxygen atoms in total. The van der Waals surface area contributed by atoms with Gasteiger partial charge in [-0.3, -0.25) is 0 Å². The Bertz CT molecular complexity index is 519. The molecule has 102 valence electrons. The molecule has 0 saturated heterocycles. The van der Waals surface area contributed by atoms with Gasteiger partial charge in [-0.2, -0.15) is 0 Å². The van der Waals surface area contributed by atoms with E-state index in [4.69, 9.17) is 0 Å². The average molecular weight is 338 g/mol. The van der Waals surface area contributed by atoms with E-state index in [2.05, 4.69) is 83.8 Å². The summed E-state index contributed by atoms with van der Waals surface area (Å²) in [5, 5.41) is 5.79. The summed E-state index contributed by atoms with van der Waals surface area (Å²) in [5.74, 6) is 0. The van der Waals surface area contributed by atoms with Crippen LogP contribution in [0.3, 0.4) is 0 Å². The van der Waals surface area contributed by atoms with Gasteiger partial charge in [0.2, 0.25) is 0 Å². The highest BCUT2D eigenvalue weighted by Crippen LogP contribution is 2.27. The summed E-state index contributed by atoms with van der Waals surface area (Å²) in [4.78, 5) is 1.43. The zero-order valence-corrected chi connectivity index (χ0v) is 14.0. The Morgan fingerprint density at radius 3 is 2.68 bits per heavy atom. The molecule has 1 atom stereocenters. The Morgan fingerprint density at radius 2 is 2.05 bits per heavy atom. The smallest absolute Gasteiger partial charge is 0.0292 e. The molecule has 1 heterocycles. The van der Waals surface area contributed by atoms with Gasteiger partial charge >= 0.3 is 0 Å². The zero-order chi connectivity index (χ0) is 13.9. The molecule has 3 heteroatoms. The van der Waals surface area contributed by atoms with Crippen LogP contribution in [-0.4, -0.2) is 6.54 Å². The molecule has 19 heavy (non-hydrogen) atoms. The average Bonchev–Trinajstić information content (AvgIpc) is 2.90. The quantitative estimate of drug-likeness (QED) is 0.796. The van der Waals surface area contributed by atoms with Crippen LogP contribution in [0.15, 0.2) is 46.3 Å². The van der Waals surface area contributed by atoms with Gasteiger partial charge < -0.3 is 5.32 Å². The Kier molecular flexibility index (Phi) is 4.82. The third-order valence-electron chi connectivity index (χ3n) is 3.39. The van der Waals surface area contributed by atoms with E-state index in [0.29, 0.717) is 6.04 Å². The molecule has 0 spiro atoms. The van der Waals surface area contributed by atoms with E-state index >= 15 is 0 Å². The van der Waals surface area contributed by atoms with E-state index < -0.39 is 0 Å². The lowest BCUT2D eigenvalue weighted by Gasteiger charge is -2.26. The van der Waals surface area contributed by atoms with Gasteiger partial charge in [-0.15, -0.1) is 11.3 Å². The molecular weight excluding hydrogens is 318 g/mol. The van der Waals surface area contributed by atoms with Crippen LogP contribution in [0.4, 0.5) is 0 Å². The normalized spacial score (nSPS) is 13.5. The maximum Gasteiger partial charge on any atom is 0.0292 e. The fourth-order valence-electron chi connectivity index (χ4n) is 2.05. The summed E-state index contributed by atoms with van der Waals surface area (Å²) in [6, 6.07) is 13.2. The molecule has 1 unspecified atom stereocenters. The van der Waals surface area contributed by atoms with Crippen molar-refractivity contribution in [2.45, 2.75) is 32.2 Å². The van der Waals surface area contributed by atoms with E-state index in [9.17, 15) is 0 Å². The van der Waals surface area contributed by atoms with Crippen LogP contribution in [0, 0.1) is 0 Å². The van der Waals surface area contributed by atoms with Crippen LogP contribution in [-0.2, 0) is 5.41 Å². The summed E-state index contributed by atoms with van der Waals surface area (Å²) in [6.45, 7) is 7.77. The summed E-state index contributed by atoms with van der Waals surface area (Å²) in [7, 11) is 0. The molecule has 0 aliphatic heterocycles. The lowest BCUT2D eigenvalue weighted by atomic mass is 9.91. The van der Waals surface area contributed by atoms with Crippen molar-refractivity contribution in [3.05, 3.63) is 56.7 Å². The number of nitrogens with one attached hydrogen (secondary N) is 1. The molecule has 0 aliphatic rings. The van der Waals surface area contributed by atoms with Crippen LogP contribution < -0.4 is 5.32 Å². The summed E-state index contributed by atoms with van der Waals surface area (Å²) in [6.07, 6.45) is 0. The fraction of sp³-hybridized carbons (Fsp3) is 0.375. The molecular formula is C16H20BrNS. The summed E-state index contributed by atoms with van der Waals surface area (Å²) < 4.78 is 1.14. The topological polar surface area (TPSA) is 12.0 Å². The molecule has 1 aromatic heterocycles. The predicted molar refractivity (Wildman–Crippen MR) is 87.9 cm³/mol. The highest BCUT2D eigenvalue weighted by molar-refractivity contribution is 9.10. The van der Waals surface area contributed by atoms with Gasteiger partial charge in [-0.1, -0.05) is 48.0 Å². The maximum atomic E-state index is 3.64. The number of hydrogen-bond donors (Lipinski definition) is 1. The van der Waals surface area contributed by atoms with Crippen molar-refractivity contribution < 1.29 is 0 Å². The molecule has 0 saturated carbocycles. The molecule has 0 bridgehead atoms. The molecule has 1 N–H and O–H groups in total. The van der Waals surface area contributed by atoms with E-state index in [-0.39, 0.29) is 5.41 Å². The van der Waals surface area contributed by atoms with E-state index in [1.807, 2.05) is 11.3 Å². The van der Waals surface area contributed by atoms with Gasteiger partial charge in [0.05, 0.1) is 0 Å². The first-order valence-electron chi connectivity index (χ1n) is 6.52. The third-order valence-corrected chi connectivity index (χ3v) is 5.12. The Hall–Kier alpha value is -0.640. The zero-order valence-electron chi connectivity index (χ0n) is 11.6. The second-order valence-electron chi connectivity index (χ2n) is 5.52. The Morgan fingerprint density at radius 1 is 1.26 bits per heavy atom. The van der Waals surface area contributed by atoms with Crippen LogP contribution in [0.25, 0.3) is 0 Å². The van der Waals surface area contributed by atoms with Gasteiger partial charge in [0.25, 0.3) is 0 Å². The number of hydrogen-bond acceptors (Lipinski definition) is 2. The van der Waals surface area contributed by atoms with E-state index in [1.165, 1.54) is 10.4 Å². The highest BCUT2D eigenvalue weighted by atomic mass is 79.9. The van der Waals surface area contributed by atoms with Crippen molar-refractivity contribution in [3.8, 4) is 0 Å². The number of halogens is 1. The van der Waals surface area contributed by atoms with Gasteiger partial charge in [-0.05, 0) is 36.1 Å². The SMILES string of the molecule is CC(NCC(C)(C)c1cccs1)c1cccc(Br)c1. The first kappa shape index (κ1) is 14.8. The summed E-state index contributed by atoms with van der Waals surface area (Å²) >= 11 is 5.36. The Balaban J connectivity index is 1.99. The minimum atomic E-state index is 0.175.